The first-order valence-corrected chi connectivity index (χ1v) is 10.3. The summed E-state index contributed by atoms with van der Waals surface area (Å²) in [5, 5.41) is 13.1. The van der Waals surface area contributed by atoms with Gasteiger partial charge in [-0.2, -0.15) is 0 Å². The Morgan fingerprint density at radius 1 is 1.23 bits per heavy atom. The quantitative estimate of drug-likeness (QED) is 0.562. The summed E-state index contributed by atoms with van der Waals surface area (Å²) in [4.78, 5) is 32.0. The number of carboxylic acid groups (broad SMARTS) is 1. The van der Waals surface area contributed by atoms with Gasteiger partial charge >= 0.3 is 5.97 Å². The van der Waals surface area contributed by atoms with E-state index in [1.165, 1.54) is 0 Å². The summed E-state index contributed by atoms with van der Waals surface area (Å²) in [5.74, 6) is 0.470. The molecule has 3 heterocycles. The van der Waals surface area contributed by atoms with Crippen molar-refractivity contribution in [2.24, 2.45) is 4.99 Å². The minimum absolute atomic E-state index is 0.172. The van der Waals surface area contributed by atoms with Crippen LogP contribution in [0.15, 0.2) is 58.6 Å². The monoisotopic (exact) mass is 435 g/mol. The molecule has 2 aliphatic rings. The van der Waals surface area contributed by atoms with Crippen molar-refractivity contribution in [2.75, 3.05) is 6.79 Å². The Balaban J connectivity index is 1.45. The van der Waals surface area contributed by atoms with Gasteiger partial charge in [0.2, 0.25) is 6.79 Å². The van der Waals surface area contributed by atoms with Crippen LogP contribution in [0.1, 0.15) is 11.1 Å². The van der Waals surface area contributed by atoms with Crippen LogP contribution < -0.4 is 14.8 Å². The zero-order valence-electron chi connectivity index (χ0n) is 16.1. The molecule has 31 heavy (non-hydrogen) atoms. The summed E-state index contributed by atoms with van der Waals surface area (Å²) < 4.78 is 10.7. The number of H-pyrrole nitrogens is 1. The van der Waals surface area contributed by atoms with Crippen LogP contribution in [0.2, 0.25) is 0 Å². The van der Waals surface area contributed by atoms with E-state index in [2.05, 4.69) is 15.3 Å². The number of hydrogen-bond acceptors (Lipinski definition) is 6. The molecule has 1 aromatic heterocycles. The average molecular weight is 435 g/mol. The third-order valence-electron chi connectivity index (χ3n) is 5.01. The predicted molar refractivity (Wildman–Crippen MR) is 118 cm³/mol. The number of ether oxygens (including phenoxy) is 2. The first-order chi connectivity index (χ1) is 15.1. The number of thioether (sulfide) groups is 1. The number of aromatic amines is 1. The van der Waals surface area contributed by atoms with E-state index in [1.54, 1.807) is 24.4 Å². The van der Waals surface area contributed by atoms with E-state index in [0.717, 1.165) is 33.8 Å². The average Bonchev–Trinajstić information content (AvgIpc) is 3.46. The highest BCUT2D eigenvalue weighted by Crippen LogP contribution is 2.34. The van der Waals surface area contributed by atoms with Crippen LogP contribution in [-0.4, -0.2) is 40.0 Å². The minimum Gasteiger partial charge on any atom is -0.480 e. The fourth-order valence-electron chi connectivity index (χ4n) is 3.53. The van der Waals surface area contributed by atoms with Crippen molar-refractivity contribution in [2.45, 2.75) is 12.5 Å². The number of amides is 1. The Morgan fingerprint density at radius 2 is 2.06 bits per heavy atom. The number of amidine groups is 1. The van der Waals surface area contributed by atoms with E-state index in [0.29, 0.717) is 16.4 Å². The van der Waals surface area contributed by atoms with Gasteiger partial charge in [-0.1, -0.05) is 24.3 Å². The molecule has 2 aliphatic heterocycles. The molecule has 1 atom stereocenters. The van der Waals surface area contributed by atoms with Crippen LogP contribution >= 0.6 is 11.8 Å². The number of carboxylic acids is 1. The van der Waals surface area contributed by atoms with Crippen molar-refractivity contribution in [1.29, 1.82) is 0 Å². The molecule has 1 fully saturated rings. The highest BCUT2D eigenvalue weighted by molar-refractivity contribution is 8.18. The minimum atomic E-state index is -1.06. The maximum atomic E-state index is 12.0. The van der Waals surface area contributed by atoms with Gasteiger partial charge in [-0.05, 0) is 47.2 Å². The molecule has 0 aliphatic carbocycles. The number of carbonyl (C=O) groups is 2. The van der Waals surface area contributed by atoms with Crippen molar-refractivity contribution in [1.82, 2.24) is 10.3 Å². The number of aliphatic carboxylic acids is 1. The maximum Gasteiger partial charge on any atom is 0.328 e. The lowest BCUT2D eigenvalue weighted by atomic mass is 10.1. The fraction of sp³-hybridized carbons (Fsp3) is 0.136. The SMILES string of the molecule is O=C1NC(=N[C@@H](Cc2c[nH]c3ccccc23)C(=O)O)/C(=C/c2ccc3c(c2)OCO3)S1. The lowest BCUT2D eigenvalue weighted by Gasteiger charge is -2.09. The molecule has 1 amide bonds. The third-order valence-corrected chi connectivity index (χ3v) is 5.83. The van der Waals surface area contributed by atoms with Crippen molar-refractivity contribution < 1.29 is 24.2 Å². The number of fused-ring (bicyclic) bond motifs is 2. The van der Waals surface area contributed by atoms with Crippen LogP contribution in [0.4, 0.5) is 4.79 Å². The summed E-state index contributed by atoms with van der Waals surface area (Å²) in [7, 11) is 0. The second-order valence-electron chi connectivity index (χ2n) is 7.03. The molecular weight excluding hydrogens is 418 g/mol. The lowest BCUT2D eigenvalue weighted by Crippen LogP contribution is -2.27. The van der Waals surface area contributed by atoms with E-state index in [9.17, 15) is 14.7 Å². The number of para-hydroxylation sites is 1. The second-order valence-corrected chi connectivity index (χ2v) is 8.05. The normalized spacial score (nSPS) is 18.6. The molecule has 2 aromatic carbocycles. The van der Waals surface area contributed by atoms with E-state index < -0.39 is 12.0 Å². The lowest BCUT2D eigenvalue weighted by molar-refractivity contribution is -0.138. The molecule has 8 nitrogen and oxygen atoms in total. The standard InChI is InChI=1S/C22H17N3O5S/c26-21(27)16(9-13-10-23-15-4-2-1-3-14(13)15)24-20-19(31-22(28)25-20)8-12-5-6-17-18(7-12)30-11-29-17/h1-8,10,16,23H,9,11H2,(H,26,27)(H,24,25,28)/b19-8-/t16-/m0/s1. The third kappa shape index (κ3) is 3.87. The summed E-state index contributed by atoms with van der Waals surface area (Å²) >= 11 is 0.975. The van der Waals surface area contributed by atoms with Gasteiger partial charge in [0.05, 0.1) is 4.91 Å². The van der Waals surface area contributed by atoms with Crippen LogP contribution in [0, 0.1) is 0 Å². The number of aromatic nitrogens is 1. The molecule has 0 saturated carbocycles. The highest BCUT2D eigenvalue weighted by atomic mass is 32.2. The first kappa shape index (κ1) is 19.3. The van der Waals surface area contributed by atoms with Crippen LogP contribution in [-0.2, 0) is 11.2 Å². The van der Waals surface area contributed by atoms with Crippen LogP contribution in [0.25, 0.3) is 17.0 Å². The number of benzene rings is 2. The Morgan fingerprint density at radius 3 is 2.94 bits per heavy atom. The van der Waals surface area contributed by atoms with E-state index >= 15 is 0 Å². The zero-order valence-corrected chi connectivity index (χ0v) is 16.9. The molecule has 0 unspecified atom stereocenters. The zero-order chi connectivity index (χ0) is 21.4. The molecule has 1 saturated heterocycles. The molecule has 156 valence electrons. The van der Waals surface area contributed by atoms with Gasteiger partial charge < -0.3 is 24.9 Å². The van der Waals surface area contributed by atoms with Crippen molar-refractivity contribution >= 4 is 45.8 Å². The Bertz CT molecular complexity index is 1260. The number of aliphatic imine (C=N–C) groups is 1. The van der Waals surface area contributed by atoms with E-state index in [4.69, 9.17) is 9.47 Å². The van der Waals surface area contributed by atoms with E-state index in [-0.39, 0.29) is 24.3 Å². The van der Waals surface area contributed by atoms with Gasteiger partial charge in [0.15, 0.2) is 17.5 Å². The molecule has 5 rings (SSSR count). The van der Waals surface area contributed by atoms with Gasteiger partial charge in [-0.3, -0.25) is 9.79 Å². The maximum absolute atomic E-state index is 12.0. The fourth-order valence-corrected chi connectivity index (χ4v) is 4.28. The molecule has 0 spiro atoms. The van der Waals surface area contributed by atoms with Crippen molar-refractivity contribution in [3.05, 3.63) is 64.7 Å². The molecule has 0 bridgehead atoms. The highest BCUT2D eigenvalue weighted by Gasteiger charge is 2.27. The smallest absolute Gasteiger partial charge is 0.328 e. The molecule has 3 N–H and O–H groups in total. The van der Waals surface area contributed by atoms with Gasteiger partial charge in [-0.25, -0.2) is 4.79 Å². The van der Waals surface area contributed by atoms with Crippen molar-refractivity contribution in [3.63, 3.8) is 0 Å². The first-order valence-electron chi connectivity index (χ1n) is 9.53. The van der Waals surface area contributed by atoms with Gasteiger partial charge in [-0.15, -0.1) is 0 Å². The van der Waals surface area contributed by atoms with Gasteiger partial charge in [0, 0.05) is 23.5 Å². The Labute approximate surface area is 181 Å². The summed E-state index contributed by atoms with van der Waals surface area (Å²) in [6.45, 7) is 0.172. The predicted octanol–water partition coefficient (Wildman–Crippen LogP) is 3.79. The summed E-state index contributed by atoms with van der Waals surface area (Å²) in [6.07, 6.45) is 3.76. The summed E-state index contributed by atoms with van der Waals surface area (Å²) in [6, 6.07) is 12.1. The Hall–Kier alpha value is -3.72. The summed E-state index contributed by atoms with van der Waals surface area (Å²) in [5.41, 5.74) is 2.58. The number of rotatable bonds is 5. The van der Waals surface area contributed by atoms with Gasteiger partial charge in [0.25, 0.3) is 5.24 Å². The second kappa shape index (κ2) is 7.84. The number of hydrogen-bond donors (Lipinski definition) is 3. The molecule has 0 radical (unpaired) electrons. The number of carbonyl (C=O) groups excluding carboxylic acids is 1. The Kier molecular flexibility index (Phi) is 4.87. The van der Waals surface area contributed by atoms with Gasteiger partial charge in [0.1, 0.15) is 5.84 Å². The van der Waals surface area contributed by atoms with Crippen molar-refractivity contribution in [3.8, 4) is 11.5 Å². The molecule has 3 aromatic rings. The van der Waals surface area contributed by atoms with Crippen LogP contribution in [0.3, 0.4) is 0 Å². The number of nitrogens with zero attached hydrogens (tertiary/aromatic N) is 1. The largest absolute Gasteiger partial charge is 0.480 e. The topological polar surface area (TPSA) is 113 Å². The molecular formula is C22H17N3O5S. The molecule has 9 heteroatoms. The van der Waals surface area contributed by atoms with Crippen LogP contribution in [0.5, 0.6) is 11.5 Å². The number of nitrogens with one attached hydrogen (secondary N) is 2. The van der Waals surface area contributed by atoms with E-state index in [1.807, 2.05) is 30.3 Å².